The first-order chi connectivity index (χ1) is 12.5. The van der Waals surface area contributed by atoms with E-state index in [0.29, 0.717) is 23.9 Å². The first-order valence-electron chi connectivity index (χ1n) is 11.5. The highest BCUT2D eigenvalue weighted by Gasteiger charge is 2.68. The standard InChI is InChI=1S/C23H43NO2Si/c1-15-10-17-12-19(26-27(6,7)22(2,3)4)21-18-8-9-24(5)14-16(18)13-23(17,21)20(25)11-15/h15-21,25H,8-14H2,1-7H3/t15-,16-,17+,18+,19+,20-,21+,23-/m1/s1. The van der Waals surface area contributed by atoms with Gasteiger partial charge in [0.1, 0.15) is 0 Å². The van der Waals surface area contributed by atoms with Crippen LogP contribution in [0.2, 0.25) is 18.1 Å². The molecule has 0 aromatic carbocycles. The summed E-state index contributed by atoms with van der Waals surface area (Å²) >= 11 is 0. The quantitative estimate of drug-likeness (QED) is 0.687. The van der Waals surface area contributed by atoms with Gasteiger partial charge in [-0.2, -0.15) is 0 Å². The van der Waals surface area contributed by atoms with E-state index in [1.54, 1.807) is 0 Å². The molecule has 1 aliphatic heterocycles. The predicted molar refractivity (Wildman–Crippen MR) is 114 cm³/mol. The third-order valence-corrected chi connectivity index (χ3v) is 14.1. The second-order valence-electron chi connectivity index (χ2n) is 12.3. The van der Waals surface area contributed by atoms with Gasteiger partial charge in [-0.1, -0.05) is 27.7 Å². The Morgan fingerprint density at radius 3 is 2.52 bits per heavy atom. The van der Waals surface area contributed by atoms with Crippen molar-refractivity contribution in [2.24, 2.45) is 35.0 Å². The van der Waals surface area contributed by atoms with Crippen LogP contribution >= 0.6 is 0 Å². The van der Waals surface area contributed by atoms with Crippen molar-refractivity contribution in [3.8, 4) is 0 Å². The van der Waals surface area contributed by atoms with E-state index in [-0.39, 0.29) is 16.6 Å². The molecule has 0 aromatic rings. The summed E-state index contributed by atoms with van der Waals surface area (Å²) in [6.07, 6.45) is 6.35. The third kappa shape index (κ3) is 3.08. The van der Waals surface area contributed by atoms with Gasteiger partial charge in [-0.3, -0.25) is 0 Å². The fraction of sp³-hybridized carbons (Fsp3) is 1.00. The molecule has 4 rings (SSSR count). The molecule has 8 atom stereocenters. The van der Waals surface area contributed by atoms with Gasteiger partial charge < -0.3 is 14.4 Å². The van der Waals surface area contributed by atoms with E-state index < -0.39 is 8.32 Å². The van der Waals surface area contributed by atoms with Crippen LogP contribution < -0.4 is 0 Å². The summed E-state index contributed by atoms with van der Waals surface area (Å²) in [5.74, 6) is 3.46. The highest BCUT2D eigenvalue weighted by atomic mass is 28.4. The monoisotopic (exact) mass is 393 g/mol. The Labute approximate surface area is 168 Å². The van der Waals surface area contributed by atoms with Crippen molar-refractivity contribution in [3.05, 3.63) is 0 Å². The molecule has 4 fully saturated rings. The molecule has 1 N–H and O–H groups in total. The molecule has 27 heavy (non-hydrogen) atoms. The SMILES string of the molecule is C[C@@H]1C[C@H]2C[C@H](O[Si](C)(C)C(C)(C)C)[C@@H]3[C@H]4CCN(C)C[C@H]4C[C@]23[C@H](O)C1. The molecule has 0 aromatic heterocycles. The van der Waals surface area contributed by atoms with Gasteiger partial charge in [-0.05, 0) is 93.4 Å². The van der Waals surface area contributed by atoms with Crippen LogP contribution in [0.5, 0.6) is 0 Å². The summed E-state index contributed by atoms with van der Waals surface area (Å²) in [5, 5.41) is 11.7. The molecule has 1 saturated heterocycles. The Morgan fingerprint density at radius 1 is 1.15 bits per heavy atom. The molecule has 3 nitrogen and oxygen atoms in total. The number of aliphatic hydroxyl groups is 1. The molecule has 4 heteroatoms. The summed E-state index contributed by atoms with van der Waals surface area (Å²) in [5.41, 5.74) is 0.153. The van der Waals surface area contributed by atoms with E-state index in [1.165, 1.54) is 38.8 Å². The molecule has 0 bridgehead atoms. The van der Waals surface area contributed by atoms with Crippen LogP contribution in [-0.2, 0) is 4.43 Å². The van der Waals surface area contributed by atoms with Crippen molar-refractivity contribution in [1.29, 1.82) is 0 Å². The maximum Gasteiger partial charge on any atom is 0.192 e. The first kappa shape index (κ1) is 20.4. The molecule has 0 amide bonds. The average Bonchev–Trinajstić information content (AvgIpc) is 2.99. The zero-order valence-electron chi connectivity index (χ0n) is 18.8. The van der Waals surface area contributed by atoms with Crippen molar-refractivity contribution < 1.29 is 9.53 Å². The second kappa shape index (κ2) is 6.55. The largest absolute Gasteiger partial charge is 0.414 e. The highest BCUT2D eigenvalue weighted by molar-refractivity contribution is 6.74. The fourth-order valence-electron chi connectivity index (χ4n) is 7.42. The van der Waals surface area contributed by atoms with E-state index in [0.717, 1.165) is 18.3 Å². The number of hydrogen-bond acceptors (Lipinski definition) is 3. The minimum Gasteiger partial charge on any atom is -0.414 e. The minimum atomic E-state index is -1.80. The summed E-state index contributed by atoms with van der Waals surface area (Å²) in [6, 6.07) is 0. The zero-order valence-corrected chi connectivity index (χ0v) is 19.8. The number of hydrogen-bond donors (Lipinski definition) is 1. The third-order valence-electron chi connectivity index (χ3n) is 9.56. The molecular weight excluding hydrogens is 350 g/mol. The molecule has 0 radical (unpaired) electrons. The predicted octanol–water partition coefficient (Wildman–Crippen LogP) is 4.76. The Hall–Kier alpha value is 0.0969. The number of fused-ring (bicyclic) bond motifs is 2. The maximum atomic E-state index is 11.4. The van der Waals surface area contributed by atoms with Crippen molar-refractivity contribution in [2.45, 2.75) is 90.1 Å². The Kier molecular flexibility index (Phi) is 4.94. The lowest BCUT2D eigenvalue weighted by Crippen LogP contribution is -2.50. The van der Waals surface area contributed by atoms with Crippen molar-refractivity contribution in [2.75, 3.05) is 20.1 Å². The lowest BCUT2D eigenvalue weighted by atomic mass is 9.60. The summed E-state index contributed by atoms with van der Waals surface area (Å²) in [4.78, 5) is 2.52. The number of aliphatic hydroxyl groups excluding tert-OH is 1. The molecule has 1 heterocycles. The molecule has 3 saturated carbocycles. The molecule has 1 spiro atoms. The molecule has 156 valence electrons. The number of rotatable bonds is 2. The van der Waals surface area contributed by atoms with Crippen LogP contribution in [0.3, 0.4) is 0 Å². The fourth-order valence-corrected chi connectivity index (χ4v) is 8.77. The van der Waals surface area contributed by atoms with Crippen LogP contribution in [0.1, 0.15) is 59.8 Å². The van der Waals surface area contributed by atoms with E-state index in [4.69, 9.17) is 4.43 Å². The van der Waals surface area contributed by atoms with Gasteiger partial charge in [-0.25, -0.2) is 0 Å². The molecule has 0 unspecified atom stereocenters. The minimum absolute atomic E-state index is 0.111. The van der Waals surface area contributed by atoms with E-state index in [9.17, 15) is 5.11 Å². The molecule has 4 aliphatic rings. The average molecular weight is 394 g/mol. The molecular formula is C23H43NO2Si. The van der Waals surface area contributed by atoms with E-state index in [2.05, 4.69) is 52.7 Å². The van der Waals surface area contributed by atoms with Crippen LogP contribution in [0.4, 0.5) is 0 Å². The highest BCUT2D eigenvalue weighted by Crippen LogP contribution is 2.69. The van der Waals surface area contributed by atoms with E-state index in [1.807, 2.05) is 0 Å². The van der Waals surface area contributed by atoms with Crippen LogP contribution in [0.15, 0.2) is 0 Å². The topological polar surface area (TPSA) is 32.7 Å². The van der Waals surface area contributed by atoms with Crippen molar-refractivity contribution in [1.82, 2.24) is 4.90 Å². The second-order valence-corrected chi connectivity index (χ2v) is 17.0. The number of nitrogens with zero attached hydrogens (tertiary/aromatic N) is 1. The van der Waals surface area contributed by atoms with Gasteiger partial charge in [-0.15, -0.1) is 0 Å². The van der Waals surface area contributed by atoms with Crippen LogP contribution in [-0.4, -0.2) is 50.7 Å². The molecule has 3 aliphatic carbocycles. The van der Waals surface area contributed by atoms with Gasteiger partial charge in [0.15, 0.2) is 8.32 Å². The van der Waals surface area contributed by atoms with E-state index >= 15 is 0 Å². The van der Waals surface area contributed by atoms with Crippen LogP contribution in [0.25, 0.3) is 0 Å². The van der Waals surface area contributed by atoms with Gasteiger partial charge in [0.25, 0.3) is 0 Å². The zero-order chi connectivity index (χ0) is 19.8. The number of piperidine rings is 1. The van der Waals surface area contributed by atoms with Crippen molar-refractivity contribution in [3.63, 3.8) is 0 Å². The van der Waals surface area contributed by atoms with Gasteiger partial charge in [0.05, 0.1) is 6.10 Å². The maximum absolute atomic E-state index is 11.4. The van der Waals surface area contributed by atoms with Crippen molar-refractivity contribution >= 4 is 8.32 Å². The lowest BCUT2D eigenvalue weighted by Gasteiger charge is -2.47. The first-order valence-corrected chi connectivity index (χ1v) is 14.4. The lowest BCUT2D eigenvalue weighted by molar-refractivity contribution is -0.0805. The Bertz CT molecular complexity index is 573. The van der Waals surface area contributed by atoms with Crippen LogP contribution in [0, 0.1) is 35.0 Å². The van der Waals surface area contributed by atoms with Gasteiger partial charge in [0.2, 0.25) is 0 Å². The summed E-state index contributed by atoms with van der Waals surface area (Å²) in [7, 11) is 0.482. The number of likely N-dealkylation sites (tertiary alicyclic amines) is 1. The van der Waals surface area contributed by atoms with Gasteiger partial charge in [0, 0.05) is 18.1 Å². The smallest absolute Gasteiger partial charge is 0.192 e. The van der Waals surface area contributed by atoms with Gasteiger partial charge >= 0.3 is 0 Å². The summed E-state index contributed by atoms with van der Waals surface area (Å²) in [6.45, 7) is 16.7. The summed E-state index contributed by atoms with van der Waals surface area (Å²) < 4.78 is 7.14. The Balaban J connectivity index is 1.68. The normalized spacial score (nSPS) is 48.2. The Morgan fingerprint density at radius 2 is 1.85 bits per heavy atom.